The predicted molar refractivity (Wildman–Crippen MR) is 99.7 cm³/mol. The minimum absolute atomic E-state index is 0.212. The lowest BCUT2D eigenvalue weighted by atomic mass is 9.65. The molecule has 2 unspecified atom stereocenters. The van der Waals surface area contributed by atoms with E-state index < -0.39 is 5.60 Å². The van der Waals surface area contributed by atoms with Gasteiger partial charge in [0.25, 0.3) is 0 Å². The fraction of sp³-hybridized carbons (Fsp3) is 0.526. The lowest BCUT2D eigenvalue weighted by Crippen LogP contribution is -2.58. The van der Waals surface area contributed by atoms with Crippen LogP contribution in [0.3, 0.4) is 0 Å². The zero-order chi connectivity index (χ0) is 17.6. The van der Waals surface area contributed by atoms with E-state index in [1.807, 2.05) is 36.0 Å². The first-order valence-corrected chi connectivity index (χ1v) is 9.60. The third-order valence-corrected chi connectivity index (χ3v) is 6.62. The smallest absolute Gasteiger partial charge is 0.141 e. The van der Waals surface area contributed by atoms with Gasteiger partial charge in [0.2, 0.25) is 0 Å². The second-order valence-corrected chi connectivity index (χ2v) is 8.27. The highest BCUT2D eigenvalue weighted by atomic mass is 35.5. The van der Waals surface area contributed by atoms with Gasteiger partial charge in [0.1, 0.15) is 11.4 Å². The maximum atomic E-state index is 11.6. The zero-order valence-electron chi connectivity index (χ0n) is 14.3. The summed E-state index contributed by atoms with van der Waals surface area (Å²) in [5, 5.41) is 12.8. The van der Waals surface area contributed by atoms with Crippen molar-refractivity contribution in [3.05, 3.63) is 52.0 Å². The molecule has 4 nitrogen and oxygen atoms in total. The summed E-state index contributed by atoms with van der Waals surface area (Å²) in [5.74, 6) is 1.24. The fourth-order valence-electron chi connectivity index (χ4n) is 4.68. The molecule has 134 valence electrons. The van der Waals surface area contributed by atoms with E-state index in [0.717, 1.165) is 43.9 Å². The maximum Gasteiger partial charge on any atom is 0.141 e. The average Bonchev–Trinajstić information content (AvgIpc) is 2.99. The third kappa shape index (κ3) is 2.99. The Kier molecular flexibility index (Phi) is 4.57. The van der Waals surface area contributed by atoms with Crippen molar-refractivity contribution >= 4 is 23.2 Å². The van der Waals surface area contributed by atoms with E-state index >= 15 is 0 Å². The van der Waals surface area contributed by atoms with Gasteiger partial charge in [0, 0.05) is 50.9 Å². The van der Waals surface area contributed by atoms with Crippen LogP contribution >= 0.6 is 23.2 Å². The predicted octanol–water partition coefficient (Wildman–Crippen LogP) is 3.85. The van der Waals surface area contributed by atoms with Crippen LogP contribution in [0.15, 0.2) is 30.6 Å². The van der Waals surface area contributed by atoms with Crippen molar-refractivity contribution < 1.29 is 5.11 Å². The van der Waals surface area contributed by atoms with Crippen LogP contribution in [0.25, 0.3) is 0 Å². The summed E-state index contributed by atoms with van der Waals surface area (Å²) in [5.41, 5.74) is 0.347. The standard InChI is InChI=1S/C19H23Cl2N3O/c1-23-8-7-22-18(23)19(25)14-3-2-4-15(19)12-24(11-14)10-13-5-6-16(20)17(21)9-13/h5-9,14-15,25H,2-4,10-12H2,1H3. The van der Waals surface area contributed by atoms with Crippen molar-refractivity contribution in [2.24, 2.45) is 18.9 Å². The number of rotatable bonds is 3. The number of halogens is 2. The van der Waals surface area contributed by atoms with Gasteiger partial charge in [-0.1, -0.05) is 35.7 Å². The van der Waals surface area contributed by atoms with Crippen LogP contribution in [0.1, 0.15) is 30.7 Å². The van der Waals surface area contributed by atoms with Crippen molar-refractivity contribution in [2.75, 3.05) is 13.1 Å². The number of piperidine rings is 1. The van der Waals surface area contributed by atoms with Gasteiger partial charge >= 0.3 is 0 Å². The summed E-state index contributed by atoms with van der Waals surface area (Å²) in [6.45, 7) is 2.58. The van der Waals surface area contributed by atoms with Gasteiger partial charge in [-0.2, -0.15) is 0 Å². The molecular formula is C19H23Cl2N3O. The summed E-state index contributed by atoms with van der Waals surface area (Å²) < 4.78 is 1.97. The number of aliphatic hydroxyl groups is 1. The molecular weight excluding hydrogens is 357 g/mol. The number of aromatic nitrogens is 2. The Labute approximate surface area is 158 Å². The highest BCUT2D eigenvalue weighted by Crippen LogP contribution is 2.48. The molecule has 1 aliphatic heterocycles. The molecule has 2 fully saturated rings. The highest BCUT2D eigenvalue weighted by Gasteiger charge is 2.53. The summed E-state index contributed by atoms with van der Waals surface area (Å²) in [4.78, 5) is 6.92. The number of fused-ring (bicyclic) bond motifs is 2. The molecule has 1 saturated carbocycles. The molecule has 2 aliphatic rings. The summed E-state index contributed by atoms with van der Waals surface area (Å²) in [6, 6.07) is 5.83. The summed E-state index contributed by atoms with van der Waals surface area (Å²) >= 11 is 12.2. The molecule has 1 aliphatic carbocycles. The molecule has 0 spiro atoms. The Morgan fingerprint density at radius 3 is 2.52 bits per heavy atom. The molecule has 2 aromatic rings. The first-order chi connectivity index (χ1) is 12.0. The monoisotopic (exact) mass is 379 g/mol. The molecule has 2 heterocycles. The van der Waals surface area contributed by atoms with Crippen molar-refractivity contribution in [3.8, 4) is 0 Å². The Bertz CT molecular complexity index is 762. The molecule has 25 heavy (non-hydrogen) atoms. The van der Waals surface area contributed by atoms with E-state index in [0.29, 0.717) is 10.0 Å². The van der Waals surface area contributed by atoms with Crippen LogP contribution in [-0.2, 0) is 19.2 Å². The highest BCUT2D eigenvalue weighted by molar-refractivity contribution is 6.42. The Hall–Kier alpha value is -1.07. The Morgan fingerprint density at radius 1 is 1.20 bits per heavy atom. The summed E-state index contributed by atoms with van der Waals surface area (Å²) in [6.07, 6.45) is 6.97. The molecule has 2 bridgehead atoms. The quantitative estimate of drug-likeness (QED) is 0.880. The number of likely N-dealkylation sites (tertiary alicyclic amines) is 1. The first kappa shape index (κ1) is 17.3. The molecule has 6 heteroatoms. The van der Waals surface area contributed by atoms with Crippen LogP contribution in [0.4, 0.5) is 0 Å². The van der Waals surface area contributed by atoms with Crippen molar-refractivity contribution in [2.45, 2.75) is 31.4 Å². The molecule has 1 saturated heterocycles. The zero-order valence-corrected chi connectivity index (χ0v) is 15.8. The second kappa shape index (κ2) is 6.58. The van der Waals surface area contributed by atoms with Crippen LogP contribution in [0, 0.1) is 11.8 Å². The number of hydrogen-bond acceptors (Lipinski definition) is 3. The minimum atomic E-state index is -0.815. The first-order valence-electron chi connectivity index (χ1n) is 8.85. The van der Waals surface area contributed by atoms with Crippen molar-refractivity contribution in [1.29, 1.82) is 0 Å². The van der Waals surface area contributed by atoms with Gasteiger partial charge in [0.15, 0.2) is 0 Å². The molecule has 1 aromatic heterocycles. The van der Waals surface area contributed by atoms with Gasteiger partial charge in [-0.05, 0) is 30.5 Å². The minimum Gasteiger partial charge on any atom is -0.381 e. The van der Waals surface area contributed by atoms with Crippen LogP contribution in [0.2, 0.25) is 10.0 Å². The van der Waals surface area contributed by atoms with Crippen molar-refractivity contribution in [1.82, 2.24) is 14.5 Å². The van der Waals surface area contributed by atoms with Gasteiger partial charge in [-0.15, -0.1) is 0 Å². The van der Waals surface area contributed by atoms with Gasteiger partial charge in [-0.25, -0.2) is 4.98 Å². The second-order valence-electron chi connectivity index (χ2n) is 7.45. The maximum absolute atomic E-state index is 11.6. The largest absolute Gasteiger partial charge is 0.381 e. The Balaban J connectivity index is 1.57. The molecule has 0 radical (unpaired) electrons. The molecule has 2 atom stereocenters. The van der Waals surface area contributed by atoms with Gasteiger partial charge in [0.05, 0.1) is 10.0 Å². The van der Waals surface area contributed by atoms with E-state index in [9.17, 15) is 5.11 Å². The van der Waals surface area contributed by atoms with E-state index in [1.54, 1.807) is 6.20 Å². The topological polar surface area (TPSA) is 41.3 Å². The lowest BCUT2D eigenvalue weighted by Gasteiger charge is -2.52. The van der Waals surface area contributed by atoms with Crippen LogP contribution in [-0.4, -0.2) is 32.6 Å². The van der Waals surface area contributed by atoms with Gasteiger partial charge < -0.3 is 9.67 Å². The lowest BCUT2D eigenvalue weighted by molar-refractivity contribution is -0.155. The third-order valence-electron chi connectivity index (χ3n) is 5.88. The molecule has 4 rings (SSSR count). The SMILES string of the molecule is Cn1ccnc1C1(O)C2CCCC1CN(Cc1ccc(Cl)c(Cl)c1)C2. The molecule has 1 aromatic carbocycles. The summed E-state index contributed by atoms with van der Waals surface area (Å²) in [7, 11) is 1.97. The van der Waals surface area contributed by atoms with Crippen LogP contribution < -0.4 is 0 Å². The molecule has 0 amide bonds. The molecule has 1 N–H and O–H groups in total. The van der Waals surface area contributed by atoms with E-state index in [4.69, 9.17) is 23.2 Å². The van der Waals surface area contributed by atoms with Crippen molar-refractivity contribution in [3.63, 3.8) is 0 Å². The number of imidazole rings is 1. The van der Waals surface area contributed by atoms with E-state index in [2.05, 4.69) is 9.88 Å². The van der Waals surface area contributed by atoms with E-state index in [1.165, 1.54) is 6.42 Å². The van der Waals surface area contributed by atoms with Gasteiger partial charge in [-0.3, -0.25) is 4.90 Å². The normalized spacial score (nSPS) is 29.8. The van der Waals surface area contributed by atoms with E-state index in [-0.39, 0.29) is 11.8 Å². The number of benzene rings is 1. The Morgan fingerprint density at radius 2 is 1.92 bits per heavy atom. The van der Waals surface area contributed by atoms with Crippen LogP contribution in [0.5, 0.6) is 0 Å². The fourth-order valence-corrected chi connectivity index (χ4v) is 5.01. The number of aryl methyl sites for hydroxylation is 1. The average molecular weight is 380 g/mol. The number of hydrogen-bond donors (Lipinski definition) is 1. The number of nitrogens with zero attached hydrogens (tertiary/aromatic N) is 3.